The highest BCUT2D eigenvalue weighted by Crippen LogP contribution is 2.41. The van der Waals surface area contributed by atoms with E-state index in [-0.39, 0.29) is 29.0 Å². The Bertz CT molecular complexity index is 1660. The number of benzene rings is 1. The van der Waals surface area contributed by atoms with Crippen molar-refractivity contribution >= 4 is 27.0 Å². The van der Waals surface area contributed by atoms with Gasteiger partial charge in [0.05, 0.1) is 53.3 Å². The van der Waals surface area contributed by atoms with E-state index in [2.05, 4.69) is 20.4 Å². The van der Waals surface area contributed by atoms with Crippen molar-refractivity contribution in [2.24, 2.45) is 11.7 Å². The van der Waals surface area contributed by atoms with E-state index in [0.717, 1.165) is 5.56 Å². The van der Waals surface area contributed by atoms with Gasteiger partial charge in [-0.3, -0.25) is 4.98 Å². The third kappa shape index (κ3) is 4.84. The van der Waals surface area contributed by atoms with Crippen LogP contribution in [0.25, 0.3) is 16.8 Å². The van der Waals surface area contributed by atoms with Gasteiger partial charge in [0.15, 0.2) is 9.84 Å². The molecule has 0 unspecified atom stereocenters. The second kappa shape index (κ2) is 10.2. The highest BCUT2D eigenvalue weighted by molar-refractivity contribution is 7.91. The molecule has 4 aromatic rings. The van der Waals surface area contributed by atoms with Crippen molar-refractivity contribution in [3.63, 3.8) is 0 Å². The first kappa shape index (κ1) is 26.7. The summed E-state index contributed by atoms with van der Waals surface area (Å²) in [4.78, 5) is 8.70. The lowest BCUT2D eigenvalue weighted by atomic mass is 9.76. The zero-order chi connectivity index (χ0) is 28.2. The van der Waals surface area contributed by atoms with E-state index in [9.17, 15) is 8.42 Å². The van der Waals surface area contributed by atoms with E-state index in [1.54, 1.807) is 30.7 Å². The first-order valence-corrected chi connectivity index (χ1v) is 15.1. The molecule has 4 atom stereocenters. The minimum atomic E-state index is -3.28. The van der Waals surface area contributed by atoms with E-state index in [0.29, 0.717) is 48.8 Å². The number of rotatable bonds is 6. The molecule has 2 fully saturated rings. The lowest BCUT2D eigenvalue weighted by molar-refractivity contribution is 0.00822. The van der Waals surface area contributed by atoms with Gasteiger partial charge in [-0.15, -0.1) is 0 Å². The Morgan fingerprint density at radius 3 is 2.48 bits per heavy atom. The minimum absolute atomic E-state index is 0.00557. The summed E-state index contributed by atoms with van der Waals surface area (Å²) in [5, 5.41) is 7.21. The number of nitrogens with two attached hydrogens (primary N) is 1. The molecular weight excluding hydrogens is 538 g/mol. The van der Waals surface area contributed by atoms with E-state index in [1.165, 1.54) is 22.9 Å². The number of hydrogen-bond acceptors (Lipinski definition) is 8. The van der Waals surface area contributed by atoms with Crippen LogP contribution in [0.15, 0.2) is 48.9 Å². The maximum atomic E-state index is 15.1. The Hall–Kier alpha value is -3.48. The molecule has 40 heavy (non-hydrogen) atoms. The van der Waals surface area contributed by atoms with Gasteiger partial charge in [0.25, 0.3) is 0 Å². The Kier molecular flexibility index (Phi) is 6.79. The summed E-state index contributed by atoms with van der Waals surface area (Å²) in [5.74, 6) is -1.15. The predicted molar refractivity (Wildman–Crippen MR) is 147 cm³/mol. The molecule has 1 aliphatic heterocycles. The van der Waals surface area contributed by atoms with Crippen LogP contribution in [-0.4, -0.2) is 58.8 Å². The number of nitrogens with one attached hydrogen (secondary N) is 1. The molecule has 1 aliphatic carbocycles. The Morgan fingerprint density at radius 2 is 1.82 bits per heavy atom. The zero-order valence-electron chi connectivity index (χ0n) is 22.1. The van der Waals surface area contributed by atoms with Gasteiger partial charge >= 0.3 is 0 Å². The van der Waals surface area contributed by atoms with Crippen LogP contribution in [0.3, 0.4) is 0 Å². The fourth-order valence-electron chi connectivity index (χ4n) is 6.15. The number of nitrogens with zero attached hydrogens (tertiary/aromatic N) is 4. The number of sulfone groups is 1. The molecule has 0 radical (unpaired) electrons. The molecule has 210 valence electrons. The highest BCUT2D eigenvalue weighted by atomic mass is 32.2. The van der Waals surface area contributed by atoms with Crippen LogP contribution in [0, 0.1) is 17.6 Å². The van der Waals surface area contributed by atoms with Crippen molar-refractivity contribution in [3.05, 3.63) is 71.7 Å². The van der Waals surface area contributed by atoms with Gasteiger partial charge in [0, 0.05) is 24.4 Å². The third-order valence-corrected chi connectivity index (χ3v) is 9.85. The lowest BCUT2D eigenvalue weighted by Crippen LogP contribution is -2.48. The second-order valence-electron chi connectivity index (χ2n) is 10.9. The number of hydrogen-bond donors (Lipinski definition) is 2. The molecule has 12 heteroatoms. The number of fused-ring (bicyclic) bond motifs is 1. The molecule has 0 amide bonds. The molecule has 6 rings (SSSR count). The summed E-state index contributed by atoms with van der Waals surface area (Å²) in [6.07, 6.45) is 7.36. The van der Waals surface area contributed by atoms with Crippen LogP contribution in [0.5, 0.6) is 0 Å². The highest BCUT2D eigenvalue weighted by Gasteiger charge is 2.40. The van der Waals surface area contributed by atoms with Gasteiger partial charge in [-0.25, -0.2) is 22.2 Å². The van der Waals surface area contributed by atoms with Crippen molar-refractivity contribution in [3.8, 4) is 11.3 Å². The van der Waals surface area contributed by atoms with Crippen LogP contribution in [0.1, 0.15) is 42.7 Å². The Balaban J connectivity index is 1.31. The van der Waals surface area contributed by atoms with E-state index < -0.39 is 32.8 Å². The summed E-state index contributed by atoms with van der Waals surface area (Å²) in [6.45, 7) is 2.82. The largest absolute Gasteiger partial charge is 0.380 e. The number of anilines is 2. The SMILES string of the molecule is C[C@H]1C[C@@H](c2ccncc2Nc2ncc3ccc(-c4c(F)cc(C5COC5)cc4F)nn23)C[C@@H](N)[C@H]1S(C)(=O)=O. The van der Waals surface area contributed by atoms with Crippen molar-refractivity contribution in [2.75, 3.05) is 24.8 Å². The molecule has 1 saturated heterocycles. The van der Waals surface area contributed by atoms with Gasteiger partial charge in [0.2, 0.25) is 5.95 Å². The molecule has 3 aromatic heterocycles. The second-order valence-corrected chi connectivity index (χ2v) is 13.1. The number of halogens is 2. The van der Waals surface area contributed by atoms with E-state index in [1.807, 2.05) is 13.0 Å². The molecule has 9 nitrogen and oxygen atoms in total. The molecule has 0 spiro atoms. The van der Waals surface area contributed by atoms with Crippen molar-refractivity contribution in [1.82, 2.24) is 19.6 Å². The van der Waals surface area contributed by atoms with Crippen molar-refractivity contribution in [1.29, 1.82) is 0 Å². The van der Waals surface area contributed by atoms with Crippen LogP contribution in [0.2, 0.25) is 0 Å². The predicted octanol–water partition coefficient (Wildman–Crippen LogP) is 4.18. The fourth-order valence-corrected chi connectivity index (χ4v) is 7.85. The van der Waals surface area contributed by atoms with E-state index >= 15 is 8.78 Å². The van der Waals surface area contributed by atoms with Gasteiger partial charge in [-0.1, -0.05) is 6.92 Å². The first-order valence-electron chi connectivity index (χ1n) is 13.2. The van der Waals surface area contributed by atoms with Gasteiger partial charge < -0.3 is 15.8 Å². The number of pyridine rings is 1. The van der Waals surface area contributed by atoms with Crippen LogP contribution < -0.4 is 11.1 Å². The van der Waals surface area contributed by atoms with Gasteiger partial charge in [-0.05, 0) is 66.1 Å². The summed E-state index contributed by atoms with van der Waals surface area (Å²) < 4.78 is 61.5. The Labute approximate surface area is 230 Å². The Morgan fingerprint density at radius 1 is 1.07 bits per heavy atom. The minimum Gasteiger partial charge on any atom is -0.380 e. The van der Waals surface area contributed by atoms with Crippen LogP contribution in [0.4, 0.5) is 20.4 Å². The van der Waals surface area contributed by atoms with Crippen molar-refractivity contribution < 1.29 is 21.9 Å². The zero-order valence-corrected chi connectivity index (χ0v) is 22.9. The average Bonchev–Trinajstić information content (AvgIpc) is 3.23. The normalized spacial score (nSPS) is 23.7. The summed E-state index contributed by atoms with van der Waals surface area (Å²) in [7, 11) is -3.28. The maximum Gasteiger partial charge on any atom is 0.229 e. The third-order valence-electron chi connectivity index (χ3n) is 8.05. The summed E-state index contributed by atoms with van der Waals surface area (Å²) in [5.41, 5.74) is 9.10. The van der Waals surface area contributed by atoms with Crippen LogP contribution >= 0.6 is 0 Å². The summed E-state index contributed by atoms with van der Waals surface area (Å²) in [6, 6.07) is 7.35. The molecular formula is C28H30F2N6O3S. The molecule has 2 aliphatic rings. The molecule has 1 saturated carbocycles. The monoisotopic (exact) mass is 568 g/mol. The molecule has 4 heterocycles. The van der Waals surface area contributed by atoms with Gasteiger partial charge in [0.1, 0.15) is 11.6 Å². The topological polar surface area (TPSA) is 124 Å². The standard InChI is InChI=1S/C28H30F2N6O3S/c1-15-7-17(10-23(31)27(15)40(2,37)38)20-5-6-32-12-25(20)34-28-33-11-19-3-4-24(35-36(19)28)26-21(29)8-16(9-22(26)30)18-13-39-14-18/h3-6,8-9,11-12,15,17-18,23,27H,7,10,13-14,31H2,1-2H3,(H,33,34)/t15-,17+,23+,27-/m0/s1. The number of ether oxygens (including phenoxy) is 1. The number of imidazole rings is 1. The number of aromatic nitrogens is 4. The molecule has 1 aromatic carbocycles. The average molecular weight is 569 g/mol. The first-order chi connectivity index (χ1) is 19.1. The van der Waals surface area contributed by atoms with Gasteiger partial charge in [-0.2, -0.15) is 9.61 Å². The van der Waals surface area contributed by atoms with E-state index in [4.69, 9.17) is 10.5 Å². The maximum absolute atomic E-state index is 15.1. The van der Waals surface area contributed by atoms with Crippen molar-refractivity contribution in [2.45, 2.75) is 42.9 Å². The van der Waals surface area contributed by atoms with Crippen LogP contribution in [-0.2, 0) is 14.6 Å². The summed E-state index contributed by atoms with van der Waals surface area (Å²) >= 11 is 0. The molecule has 0 bridgehead atoms. The quantitative estimate of drug-likeness (QED) is 0.355. The lowest BCUT2D eigenvalue weighted by Gasteiger charge is -2.38. The molecule has 3 N–H and O–H groups in total. The smallest absolute Gasteiger partial charge is 0.229 e. The fraction of sp³-hybridized carbons (Fsp3) is 0.393.